The number of nitrogens with zero attached hydrogens (tertiary/aromatic N) is 1. The van der Waals surface area contributed by atoms with Crippen molar-refractivity contribution in [3.8, 4) is 5.75 Å². The van der Waals surface area contributed by atoms with Gasteiger partial charge in [-0.25, -0.2) is 4.83 Å². The van der Waals surface area contributed by atoms with Gasteiger partial charge in [0.2, 0.25) is 0 Å². The summed E-state index contributed by atoms with van der Waals surface area (Å²) in [6, 6.07) is 14.0. The maximum absolute atomic E-state index is 12.1. The molecule has 0 aliphatic heterocycles. The van der Waals surface area contributed by atoms with E-state index < -0.39 is 10.0 Å². The van der Waals surface area contributed by atoms with Crippen molar-refractivity contribution in [3.05, 3.63) is 59.7 Å². The lowest BCUT2D eigenvalue weighted by Gasteiger charge is -2.06. The molecule has 0 saturated carbocycles. The van der Waals surface area contributed by atoms with Crippen molar-refractivity contribution in [1.29, 1.82) is 0 Å². The normalized spacial score (nSPS) is 11.6. The van der Waals surface area contributed by atoms with Crippen LogP contribution in [0.1, 0.15) is 37.3 Å². The van der Waals surface area contributed by atoms with Crippen LogP contribution in [0.25, 0.3) is 0 Å². The van der Waals surface area contributed by atoms with Crippen LogP contribution in [0.2, 0.25) is 0 Å². The van der Waals surface area contributed by atoms with Gasteiger partial charge in [0.15, 0.2) is 0 Å². The first-order valence-corrected chi connectivity index (χ1v) is 9.84. The van der Waals surface area contributed by atoms with Gasteiger partial charge in [0.1, 0.15) is 5.75 Å². The zero-order chi connectivity index (χ0) is 18.1. The predicted octanol–water partition coefficient (Wildman–Crippen LogP) is 3.88. The number of ether oxygens (including phenoxy) is 1. The third-order valence-corrected chi connectivity index (χ3v) is 4.85. The van der Waals surface area contributed by atoms with E-state index >= 15 is 0 Å². The highest BCUT2D eigenvalue weighted by Crippen LogP contribution is 2.12. The summed E-state index contributed by atoms with van der Waals surface area (Å²) < 4.78 is 29.9. The molecule has 0 atom stereocenters. The molecule has 6 heteroatoms. The van der Waals surface area contributed by atoms with E-state index in [2.05, 4.69) is 16.9 Å². The second kappa shape index (κ2) is 9.22. The molecule has 0 radical (unpaired) electrons. The zero-order valence-electron chi connectivity index (χ0n) is 14.6. The summed E-state index contributed by atoms with van der Waals surface area (Å²) >= 11 is 0. The first-order chi connectivity index (χ1) is 12.0. The van der Waals surface area contributed by atoms with Gasteiger partial charge < -0.3 is 4.74 Å². The van der Waals surface area contributed by atoms with E-state index in [9.17, 15) is 8.42 Å². The maximum atomic E-state index is 12.1. The second-order valence-corrected chi connectivity index (χ2v) is 7.45. The Kier molecular flexibility index (Phi) is 7.01. The van der Waals surface area contributed by atoms with E-state index in [1.54, 1.807) is 24.3 Å². The van der Waals surface area contributed by atoms with Gasteiger partial charge in [0.25, 0.3) is 10.0 Å². The highest BCUT2D eigenvalue weighted by molar-refractivity contribution is 7.89. The Balaban J connectivity index is 1.90. The van der Waals surface area contributed by atoms with Gasteiger partial charge >= 0.3 is 0 Å². The summed E-state index contributed by atoms with van der Waals surface area (Å²) in [5.41, 5.74) is 1.78. The number of benzene rings is 2. The van der Waals surface area contributed by atoms with Crippen molar-refractivity contribution in [2.45, 2.75) is 38.0 Å². The lowest BCUT2D eigenvalue weighted by molar-refractivity contribution is 0.306. The Morgan fingerprint density at radius 1 is 1.04 bits per heavy atom. The van der Waals surface area contributed by atoms with Crippen LogP contribution < -0.4 is 9.57 Å². The van der Waals surface area contributed by atoms with Crippen molar-refractivity contribution < 1.29 is 13.2 Å². The standard InChI is InChI=1S/C19H24N2O3S/c1-3-4-5-14-24-18-10-8-17(9-11-18)15-20-21-25(22,23)19-12-6-16(2)7-13-19/h6-13,15,21H,3-5,14H2,1-2H3. The van der Waals surface area contributed by atoms with E-state index in [0.717, 1.165) is 36.1 Å². The monoisotopic (exact) mass is 360 g/mol. The van der Waals surface area contributed by atoms with Crippen molar-refractivity contribution in [1.82, 2.24) is 4.83 Å². The summed E-state index contributed by atoms with van der Waals surface area (Å²) in [6.45, 7) is 4.76. The molecule has 0 unspecified atom stereocenters. The Labute approximate surface area is 149 Å². The number of sulfonamides is 1. The molecule has 2 aromatic rings. The fraction of sp³-hybridized carbons (Fsp3) is 0.316. The highest BCUT2D eigenvalue weighted by atomic mass is 32.2. The third kappa shape index (κ3) is 6.23. The maximum Gasteiger partial charge on any atom is 0.276 e. The number of hydrogen-bond donors (Lipinski definition) is 1. The lowest BCUT2D eigenvalue weighted by atomic mass is 10.2. The average molecular weight is 360 g/mol. The fourth-order valence-corrected chi connectivity index (χ4v) is 2.92. The van der Waals surface area contributed by atoms with Crippen molar-refractivity contribution in [2.24, 2.45) is 5.10 Å². The Morgan fingerprint density at radius 2 is 1.72 bits per heavy atom. The predicted molar refractivity (Wildman–Crippen MR) is 101 cm³/mol. The molecule has 0 heterocycles. The Hall–Kier alpha value is -2.34. The molecule has 0 aliphatic rings. The lowest BCUT2D eigenvalue weighted by Crippen LogP contribution is -2.18. The van der Waals surface area contributed by atoms with Crippen LogP contribution in [0.15, 0.2) is 58.5 Å². The van der Waals surface area contributed by atoms with Crippen molar-refractivity contribution in [2.75, 3.05) is 6.61 Å². The number of hydrogen-bond acceptors (Lipinski definition) is 4. The summed E-state index contributed by atoms with van der Waals surface area (Å²) in [7, 11) is -3.65. The first-order valence-electron chi connectivity index (χ1n) is 8.35. The molecule has 2 rings (SSSR count). The second-order valence-electron chi connectivity index (χ2n) is 5.79. The summed E-state index contributed by atoms with van der Waals surface area (Å²) in [6.07, 6.45) is 4.83. The van der Waals surface area contributed by atoms with Crippen LogP contribution in [0.5, 0.6) is 5.75 Å². The van der Waals surface area contributed by atoms with Crippen LogP contribution in [-0.4, -0.2) is 21.2 Å². The molecule has 0 fully saturated rings. The topological polar surface area (TPSA) is 67.8 Å². The number of unbranched alkanes of at least 4 members (excludes halogenated alkanes) is 2. The van der Waals surface area contributed by atoms with Crippen LogP contribution in [-0.2, 0) is 10.0 Å². The number of nitrogens with one attached hydrogen (secondary N) is 1. The molecule has 0 saturated heterocycles. The van der Waals surface area contributed by atoms with Gasteiger partial charge in [-0.2, -0.15) is 13.5 Å². The van der Waals surface area contributed by atoms with Gasteiger partial charge in [-0.05, 0) is 55.3 Å². The van der Waals surface area contributed by atoms with Crippen molar-refractivity contribution in [3.63, 3.8) is 0 Å². The number of rotatable bonds is 9. The van der Waals surface area contributed by atoms with E-state index in [1.165, 1.54) is 6.21 Å². The molecular formula is C19H24N2O3S. The molecule has 2 aromatic carbocycles. The van der Waals surface area contributed by atoms with Gasteiger partial charge in [0.05, 0.1) is 17.7 Å². The minimum atomic E-state index is -3.65. The molecule has 1 N–H and O–H groups in total. The first kappa shape index (κ1) is 19.0. The van der Waals surface area contributed by atoms with Gasteiger partial charge in [-0.1, -0.05) is 37.5 Å². The van der Waals surface area contributed by atoms with Gasteiger partial charge in [-0.15, -0.1) is 0 Å². The molecule has 5 nitrogen and oxygen atoms in total. The molecule has 0 spiro atoms. The largest absolute Gasteiger partial charge is 0.494 e. The SMILES string of the molecule is CCCCCOc1ccc(C=NNS(=O)(=O)c2ccc(C)cc2)cc1. The molecule has 25 heavy (non-hydrogen) atoms. The quantitative estimate of drug-likeness (QED) is 0.419. The smallest absolute Gasteiger partial charge is 0.276 e. The Bertz CT molecular complexity index is 782. The fourth-order valence-electron chi connectivity index (χ4n) is 2.13. The molecular weight excluding hydrogens is 336 g/mol. The minimum absolute atomic E-state index is 0.186. The third-order valence-electron chi connectivity index (χ3n) is 3.61. The Morgan fingerprint density at radius 3 is 2.36 bits per heavy atom. The average Bonchev–Trinajstić information content (AvgIpc) is 2.60. The van der Waals surface area contributed by atoms with E-state index in [1.807, 2.05) is 31.2 Å². The van der Waals surface area contributed by atoms with Crippen LogP contribution in [0.3, 0.4) is 0 Å². The summed E-state index contributed by atoms with van der Waals surface area (Å²) in [5.74, 6) is 0.800. The van der Waals surface area contributed by atoms with Crippen LogP contribution in [0.4, 0.5) is 0 Å². The molecule has 134 valence electrons. The van der Waals surface area contributed by atoms with Crippen molar-refractivity contribution >= 4 is 16.2 Å². The highest BCUT2D eigenvalue weighted by Gasteiger charge is 2.11. The molecule has 0 aliphatic carbocycles. The molecule has 0 bridgehead atoms. The van der Waals surface area contributed by atoms with E-state index in [4.69, 9.17) is 4.74 Å². The zero-order valence-corrected chi connectivity index (χ0v) is 15.4. The minimum Gasteiger partial charge on any atom is -0.494 e. The van der Waals surface area contributed by atoms with Gasteiger partial charge in [-0.3, -0.25) is 0 Å². The van der Waals surface area contributed by atoms with Crippen LogP contribution >= 0.6 is 0 Å². The number of aryl methyl sites for hydroxylation is 1. The van der Waals surface area contributed by atoms with E-state index in [0.29, 0.717) is 6.61 Å². The summed E-state index contributed by atoms with van der Waals surface area (Å²) in [4.78, 5) is 2.40. The number of hydrazone groups is 1. The molecule has 0 aromatic heterocycles. The van der Waals surface area contributed by atoms with Gasteiger partial charge in [0, 0.05) is 0 Å². The summed E-state index contributed by atoms with van der Waals surface area (Å²) in [5, 5.41) is 3.82. The van der Waals surface area contributed by atoms with Crippen LogP contribution in [0, 0.1) is 6.92 Å². The molecule has 0 amide bonds. The van der Waals surface area contributed by atoms with E-state index in [-0.39, 0.29) is 4.90 Å².